The summed E-state index contributed by atoms with van der Waals surface area (Å²) in [5, 5.41) is 5.28. The van der Waals surface area contributed by atoms with E-state index >= 15 is 0 Å². The zero-order valence-corrected chi connectivity index (χ0v) is 14.1. The predicted octanol–water partition coefficient (Wildman–Crippen LogP) is 4.53. The summed E-state index contributed by atoms with van der Waals surface area (Å²) in [7, 11) is 0. The summed E-state index contributed by atoms with van der Waals surface area (Å²) in [5.41, 5.74) is 5.71. The Morgan fingerprint density at radius 3 is 2.75 bits per heavy atom. The molecule has 3 nitrogen and oxygen atoms in total. The number of halogens is 1. The van der Waals surface area contributed by atoms with Gasteiger partial charge in [-0.1, -0.05) is 24.3 Å². The molecule has 122 valence electrons. The van der Waals surface area contributed by atoms with Crippen molar-refractivity contribution in [2.75, 3.05) is 17.7 Å². The summed E-state index contributed by atoms with van der Waals surface area (Å²) in [6.07, 6.45) is 2.95. The van der Waals surface area contributed by atoms with Crippen LogP contribution >= 0.6 is 11.6 Å². The number of fused-ring (bicyclic) bond motifs is 5. The van der Waals surface area contributed by atoms with E-state index in [2.05, 4.69) is 28.5 Å². The highest BCUT2D eigenvalue weighted by Crippen LogP contribution is 2.38. The van der Waals surface area contributed by atoms with Crippen molar-refractivity contribution in [1.82, 2.24) is 4.98 Å². The number of nitrogens with one attached hydrogen (secondary N) is 2. The molecule has 0 amide bonds. The summed E-state index contributed by atoms with van der Waals surface area (Å²) in [4.78, 5) is 15.4. The fourth-order valence-electron chi connectivity index (χ4n) is 3.49. The average molecular weight is 339 g/mol. The van der Waals surface area contributed by atoms with Gasteiger partial charge in [-0.3, -0.25) is 4.79 Å². The maximum Gasteiger partial charge on any atom is 0.256 e. The second-order valence-corrected chi connectivity index (χ2v) is 6.60. The normalized spacial score (nSPS) is 12.2. The van der Waals surface area contributed by atoms with E-state index in [9.17, 15) is 4.79 Å². The Bertz CT molecular complexity index is 962. The lowest BCUT2D eigenvalue weighted by Gasteiger charge is -2.08. The lowest BCUT2D eigenvalue weighted by molar-refractivity contribution is 0.839. The SMILES string of the molecule is O=c1[nH]c2c(c3ccccc13)Cc1cc(NCCCCCl)ccc1-2. The monoisotopic (exact) mass is 338 g/mol. The molecular formula is C20H19ClN2O. The van der Waals surface area contributed by atoms with E-state index in [4.69, 9.17) is 11.6 Å². The van der Waals surface area contributed by atoms with E-state index in [1.165, 1.54) is 11.1 Å². The Morgan fingerprint density at radius 2 is 1.92 bits per heavy atom. The van der Waals surface area contributed by atoms with Gasteiger partial charge in [0.1, 0.15) is 0 Å². The van der Waals surface area contributed by atoms with Gasteiger partial charge < -0.3 is 10.3 Å². The van der Waals surface area contributed by atoms with Crippen molar-refractivity contribution >= 4 is 28.1 Å². The molecule has 2 N–H and O–H groups in total. The van der Waals surface area contributed by atoms with Crippen LogP contribution in [0.15, 0.2) is 47.3 Å². The number of benzene rings is 2. The van der Waals surface area contributed by atoms with Gasteiger partial charge in [0.15, 0.2) is 0 Å². The maximum atomic E-state index is 12.3. The van der Waals surface area contributed by atoms with Gasteiger partial charge in [0.25, 0.3) is 5.56 Å². The predicted molar refractivity (Wildman–Crippen MR) is 101 cm³/mol. The summed E-state index contributed by atoms with van der Waals surface area (Å²) >= 11 is 5.72. The first-order valence-corrected chi connectivity index (χ1v) is 8.88. The molecule has 4 heteroatoms. The van der Waals surface area contributed by atoms with Crippen molar-refractivity contribution in [1.29, 1.82) is 0 Å². The second-order valence-electron chi connectivity index (χ2n) is 6.22. The highest BCUT2D eigenvalue weighted by atomic mass is 35.5. The van der Waals surface area contributed by atoms with Crippen LogP contribution in [0.3, 0.4) is 0 Å². The van der Waals surface area contributed by atoms with Gasteiger partial charge in [0, 0.05) is 35.5 Å². The number of hydrogen-bond donors (Lipinski definition) is 2. The van der Waals surface area contributed by atoms with Crippen molar-refractivity contribution in [3.63, 3.8) is 0 Å². The van der Waals surface area contributed by atoms with Crippen molar-refractivity contribution in [3.05, 3.63) is 63.9 Å². The molecule has 0 saturated carbocycles. The van der Waals surface area contributed by atoms with Gasteiger partial charge in [0.2, 0.25) is 0 Å². The Hall–Kier alpha value is -2.26. The van der Waals surface area contributed by atoms with E-state index in [0.29, 0.717) is 5.88 Å². The molecule has 3 aromatic rings. The molecule has 0 saturated heterocycles. The van der Waals surface area contributed by atoms with Crippen LogP contribution in [0, 0.1) is 0 Å². The van der Waals surface area contributed by atoms with Gasteiger partial charge in [-0.05, 0) is 47.6 Å². The summed E-state index contributed by atoms with van der Waals surface area (Å²) in [6.45, 7) is 0.929. The minimum atomic E-state index is -0.0134. The highest BCUT2D eigenvalue weighted by molar-refractivity contribution is 6.17. The van der Waals surface area contributed by atoms with Crippen LogP contribution in [-0.2, 0) is 6.42 Å². The van der Waals surface area contributed by atoms with Gasteiger partial charge >= 0.3 is 0 Å². The second kappa shape index (κ2) is 6.33. The molecule has 0 atom stereocenters. The molecule has 2 aromatic carbocycles. The number of H-pyrrole nitrogens is 1. The third kappa shape index (κ3) is 2.59. The number of unbranched alkanes of at least 4 members (excludes halogenated alkanes) is 1. The third-order valence-corrected chi connectivity index (χ3v) is 4.94. The molecular weight excluding hydrogens is 320 g/mol. The standard InChI is InChI=1S/C20H19ClN2O/c21-9-3-4-10-22-14-7-8-15-13(11-14)12-18-16-5-1-2-6-17(16)20(24)23-19(15)18/h1-2,5-8,11,22H,3-4,9-10,12H2,(H,23,24). The number of rotatable bonds is 5. The number of pyridine rings is 1. The smallest absolute Gasteiger partial charge is 0.256 e. The minimum Gasteiger partial charge on any atom is -0.385 e. The van der Waals surface area contributed by atoms with Crippen molar-refractivity contribution in [2.45, 2.75) is 19.3 Å². The van der Waals surface area contributed by atoms with Crippen LogP contribution in [0.25, 0.3) is 22.0 Å². The number of aromatic nitrogens is 1. The zero-order valence-electron chi connectivity index (χ0n) is 13.4. The fraction of sp³-hybridized carbons (Fsp3) is 0.250. The highest BCUT2D eigenvalue weighted by Gasteiger charge is 2.22. The third-order valence-electron chi connectivity index (χ3n) is 4.67. The van der Waals surface area contributed by atoms with Gasteiger partial charge in [-0.15, -0.1) is 11.6 Å². The Kier molecular flexibility index (Phi) is 4.03. The molecule has 0 radical (unpaired) electrons. The Balaban J connectivity index is 1.69. The van der Waals surface area contributed by atoms with E-state index < -0.39 is 0 Å². The molecule has 1 aliphatic rings. The Labute approximate surface area is 145 Å². The lowest BCUT2D eigenvalue weighted by Crippen LogP contribution is -2.08. The number of hydrogen-bond acceptors (Lipinski definition) is 2. The maximum absolute atomic E-state index is 12.3. The summed E-state index contributed by atoms with van der Waals surface area (Å²) in [6, 6.07) is 14.2. The van der Waals surface area contributed by atoms with Crippen molar-refractivity contribution in [3.8, 4) is 11.3 Å². The first kappa shape index (κ1) is 15.3. The quantitative estimate of drug-likeness (QED) is 0.415. The first-order chi connectivity index (χ1) is 11.8. The van der Waals surface area contributed by atoms with Crippen LogP contribution in [0.2, 0.25) is 0 Å². The van der Waals surface area contributed by atoms with E-state index in [1.807, 2.05) is 24.3 Å². The molecule has 24 heavy (non-hydrogen) atoms. The van der Waals surface area contributed by atoms with E-state index in [1.54, 1.807) is 0 Å². The van der Waals surface area contributed by atoms with Crippen LogP contribution in [0.5, 0.6) is 0 Å². The number of aromatic amines is 1. The molecule has 1 heterocycles. The van der Waals surface area contributed by atoms with Crippen LogP contribution in [0.4, 0.5) is 5.69 Å². The zero-order chi connectivity index (χ0) is 16.5. The van der Waals surface area contributed by atoms with Gasteiger partial charge in [-0.2, -0.15) is 0 Å². The van der Waals surface area contributed by atoms with Crippen molar-refractivity contribution < 1.29 is 0 Å². The molecule has 0 spiro atoms. The molecule has 0 fully saturated rings. The molecule has 4 rings (SSSR count). The van der Waals surface area contributed by atoms with Crippen LogP contribution in [-0.4, -0.2) is 17.4 Å². The first-order valence-electron chi connectivity index (χ1n) is 8.35. The molecule has 1 aliphatic carbocycles. The van der Waals surface area contributed by atoms with E-state index in [0.717, 1.165) is 53.5 Å². The topological polar surface area (TPSA) is 44.9 Å². The lowest BCUT2D eigenvalue weighted by atomic mass is 10.0. The molecule has 0 unspecified atom stereocenters. The molecule has 1 aromatic heterocycles. The number of alkyl halides is 1. The van der Waals surface area contributed by atoms with E-state index in [-0.39, 0.29) is 5.56 Å². The average Bonchev–Trinajstić information content (AvgIpc) is 2.97. The van der Waals surface area contributed by atoms with Gasteiger partial charge in [0.05, 0.1) is 5.69 Å². The fourth-order valence-corrected chi connectivity index (χ4v) is 3.67. The largest absolute Gasteiger partial charge is 0.385 e. The summed E-state index contributed by atoms with van der Waals surface area (Å²) < 4.78 is 0. The van der Waals surface area contributed by atoms with Crippen molar-refractivity contribution in [2.24, 2.45) is 0 Å². The molecule has 0 bridgehead atoms. The Morgan fingerprint density at radius 1 is 1.08 bits per heavy atom. The van der Waals surface area contributed by atoms with Crippen LogP contribution < -0.4 is 10.9 Å². The van der Waals surface area contributed by atoms with Crippen LogP contribution in [0.1, 0.15) is 24.0 Å². The summed E-state index contributed by atoms with van der Waals surface area (Å²) in [5.74, 6) is 0.710. The molecule has 0 aliphatic heterocycles. The minimum absolute atomic E-state index is 0.0134. The number of anilines is 1. The van der Waals surface area contributed by atoms with Gasteiger partial charge in [-0.25, -0.2) is 0 Å².